The van der Waals surface area contributed by atoms with Gasteiger partial charge in [-0.3, -0.25) is 0 Å². The second-order valence-corrected chi connectivity index (χ2v) is 6.39. The highest BCUT2D eigenvalue weighted by Gasteiger charge is 2.18. The van der Waals surface area contributed by atoms with Crippen LogP contribution in [-0.4, -0.2) is 17.6 Å². The van der Waals surface area contributed by atoms with Gasteiger partial charge in [-0.1, -0.05) is 19.1 Å². The lowest BCUT2D eigenvalue weighted by Crippen LogP contribution is -2.28. The maximum Gasteiger partial charge on any atom is 0.119 e. The molecule has 21 heavy (non-hydrogen) atoms. The minimum atomic E-state index is 0.143. The van der Waals surface area contributed by atoms with Crippen molar-refractivity contribution in [1.29, 1.82) is 0 Å². The Hall–Kier alpha value is -1.39. The van der Waals surface area contributed by atoms with E-state index in [2.05, 4.69) is 48.6 Å². The van der Waals surface area contributed by atoms with Crippen LogP contribution in [0.4, 0.5) is 0 Å². The van der Waals surface area contributed by atoms with E-state index in [0.29, 0.717) is 6.04 Å². The molecule has 0 bridgehead atoms. The molecule has 2 aromatic rings. The summed E-state index contributed by atoms with van der Waals surface area (Å²) >= 11 is 1.71. The second kappa shape index (κ2) is 7.57. The molecule has 0 aliphatic carbocycles. The molecule has 4 heteroatoms. The zero-order valence-corrected chi connectivity index (χ0v) is 14.0. The van der Waals surface area contributed by atoms with Crippen molar-refractivity contribution in [2.24, 2.45) is 0 Å². The SMILES string of the molecule is CCCOc1ccc(C(NC(C)C)c2nc(C)cs2)cc1. The first-order valence-corrected chi connectivity index (χ1v) is 8.39. The summed E-state index contributed by atoms with van der Waals surface area (Å²) in [5.41, 5.74) is 2.30. The van der Waals surface area contributed by atoms with E-state index in [1.54, 1.807) is 11.3 Å². The van der Waals surface area contributed by atoms with Crippen molar-refractivity contribution in [2.45, 2.75) is 46.2 Å². The van der Waals surface area contributed by atoms with Gasteiger partial charge in [0.2, 0.25) is 0 Å². The highest BCUT2D eigenvalue weighted by molar-refractivity contribution is 7.09. The van der Waals surface area contributed by atoms with Gasteiger partial charge in [0, 0.05) is 17.1 Å². The van der Waals surface area contributed by atoms with Gasteiger partial charge in [-0.25, -0.2) is 4.98 Å². The molecule has 0 radical (unpaired) electrons. The zero-order chi connectivity index (χ0) is 15.2. The van der Waals surface area contributed by atoms with Crippen molar-refractivity contribution < 1.29 is 4.74 Å². The lowest BCUT2D eigenvalue weighted by atomic mass is 10.1. The van der Waals surface area contributed by atoms with Crippen LogP contribution in [0.15, 0.2) is 29.6 Å². The minimum absolute atomic E-state index is 0.143. The van der Waals surface area contributed by atoms with E-state index in [1.165, 1.54) is 5.56 Å². The Labute approximate surface area is 131 Å². The first-order chi connectivity index (χ1) is 10.1. The van der Waals surface area contributed by atoms with Crippen LogP contribution in [0.3, 0.4) is 0 Å². The number of aryl methyl sites for hydroxylation is 1. The average Bonchev–Trinajstić information content (AvgIpc) is 2.89. The lowest BCUT2D eigenvalue weighted by molar-refractivity contribution is 0.317. The van der Waals surface area contributed by atoms with Crippen LogP contribution in [0.1, 0.15) is 49.5 Å². The number of hydrogen-bond donors (Lipinski definition) is 1. The van der Waals surface area contributed by atoms with E-state index in [-0.39, 0.29) is 6.04 Å². The van der Waals surface area contributed by atoms with E-state index < -0.39 is 0 Å². The van der Waals surface area contributed by atoms with E-state index in [1.807, 2.05) is 19.1 Å². The number of benzene rings is 1. The topological polar surface area (TPSA) is 34.1 Å². The van der Waals surface area contributed by atoms with Gasteiger partial charge in [-0.05, 0) is 44.9 Å². The van der Waals surface area contributed by atoms with Crippen molar-refractivity contribution >= 4 is 11.3 Å². The van der Waals surface area contributed by atoms with Crippen molar-refractivity contribution in [1.82, 2.24) is 10.3 Å². The molecule has 1 heterocycles. The van der Waals surface area contributed by atoms with Gasteiger partial charge in [0.1, 0.15) is 10.8 Å². The first-order valence-electron chi connectivity index (χ1n) is 7.51. The van der Waals surface area contributed by atoms with Crippen LogP contribution in [0.5, 0.6) is 5.75 Å². The molecule has 0 fully saturated rings. The van der Waals surface area contributed by atoms with Crippen LogP contribution in [0.25, 0.3) is 0 Å². The molecule has 2 rings (SSSR count). The number of hydrogen-bond acceptors (Lipinski definition) is 4. The summed E-state index contributed by atoms with van der Waals surface area (Å²) in [6, 6.07) is 8.88. The summed E-state index contributed by atoms with van der Waals surface area (Å²) in [6.07, 6.45) is 1.03. The fourth-order valence-electron chi connectivity index (χ4n) is 2.12. The molecular weight excluding hydrogens is 280 g/mol. The van der Waals surface area contributed by atoms with Crippen molar-refractivity contribution in [3.8, 4) is 5.75 Å². The van der Waals surface area contributed by atoms with Gasteiger partial charge in [-0.2, -0.15) is 0 Å². The highest BCUT2D eigenvalue weighted by Crippen LogP contribution is 2.27. The molecule has 1 aromatic heterocycles. The summed E-state index contributed by atoms with van der Waals surface area (Å²) < 4.78 is 5.65. The summed E-state index contributed by atoms with van der Waals surface area (Å²) in [5, 5.41) is 6.81. The predicted molar refractivity (Wildman–Crippen MR) is 89.2 cm³/mol. The Morgan fingerprint density at radius 3 is 2.48 bits per heavy atom. The number of ether oxygens (including phenoxy) is 1. The third kappa shape index (κ3) is 4.55. The molecule has 114 valence electrons. The summed E-state index contributed by atoms with van der Waals surface area (Å²) in [7, 11) is 0. The predicted octanol–water partition coefficient (Wildman–Crippen LogP) is 4.33. The van der Waals surface area contributed by atoms with Gasteiger partial charge in [-0.15, -0.1) is 11.3 Å². The van der Waals surface area contributed by atoms with Crippen molar-refractivity contribution in [3.63, 3.8) is 0 Å². The molecule has 3 nitrogen and oxygen atoms in total. The smallest absolute Gasteiger partial charge is 0.119 e. The van der Waals surface area contributed by atoms with Crippen LogP contribution >= 0.6 is 11.3 Å². The molecule has 0 spiro atoms. The average molecular weight is 304 g/mol. The van der Waals surface area contributed by atoms with Crippen LogP contribution < -0.4 is 10.1 Å². The highest BCUT2D eigenvalue weighted by atomic mass is 32.1. The third-order valence-electron chi connectivity index (χ3n) is 3.07. The van der Waals surface area contributed by atoms with E-state index in [0.717, 1.165) is 29.5 Å². The lowest BCUT2D eigenvalue weighted by Gasteiger charge is -2.20. The van der Waals surface area contributed by atoms with E-state index in [4.69, 9.17) is 4.74 Å². The largest absolute Gasteiger partial charge is 0.494 e. The van der Waals surface area contributed by atoms with E-state index in [9.17, 15) is 0 Å². The van der Waals surface area contributed by atoms with Gasteiger partial charge >= 0.3 is 0 Å². The first kappa shape index (κ1) is 16.0. The maximum absolute atomic E-state index is 5.65. The van der Waals surface area contributed by atoms with Crippen LogP contribution in [-0.2, 0) is 0 Å². The van der Waals surface area contributed by atoms with Crippen LogP contribution in [0, 0.1) is 6.92 Å². The van der Waals surface area contributed by atoms with Crippen LogP contribution in [0.2, 0.25) is 0 Å². The molecule has 0 saturated carbocycles. The van der Waals surface area contributed by atoms with Crippen molar-refractivity contribution in [3.05, 3.63) is 45.9 Å². The summed E-state index contributed by atoms with van der Waals surface area (Å²) in [6.45, 7) is 9.23. The molecule has 0 aliphatic heterocycles. The normalized spacial score (nSPS) is 12.6. The zero-order valence-electron chi connectivity index (χ0n) is 13.2. The number of aromatic nitrogens is 1. The second-order valence-electron chi connectivity index (χ2n) is 5.50. The standard InChI is InChI=1S/C17H24N2OS/c1-5-10-20-15-8-6-14(7-9-15)16(18-12(2)3)17-19-13(4)11-21-17/h6-9,11-12,16,18H,5,10H2,1-4H3. The molecule has 1 aromatic carbocycles. The monoisotopic (exact) mass is 304 g/mol. The molecule has 1 unspecified atom stereocenters. The quantitative estimate of drug-likeness (QED) is 0.827. The number of rotatable bonds is 7. The molecule has 0 aliphatic rings. The Kier molecular flexibility index (Phi) is 5.76. The van der Waals surface area contributed by atoms with Gasteiger partial charge in [0.25, 0.3) is 0 Å². The third-order valence-corrected chi connectivity index (χ3v) is 4.10. The van der Waals surface area contributed by atoms with Gasteiger partial charge in [0.15, 0.2) is 0 Å². The van der Waals surface area contributed by atoms with Gasteiger partial charge < -0.3 is 10.1 Å². The minimum Gasteiger partial charge on any atom is -0.494 e. The number of thiazole rings is 1. The van der Waals surface area contributed by atoms with Gasteiger partial charge in [0.05, 0.1) is 12.6 Å². The molecule has 1 atom stereocenters. The summed E-state index contributed by atoms with van der Waals surface area (Å²) in [4.78, 5) is 4.64. The van der Waals surface area contributed by atoms with Crippen molar-refractivity contribution in [2.75, 3.05) is 6.61 Å². The Balaban J connectivity index is 2.20. The fraction of sp³-hybridized carbons (Fsp3) is 0.471. The van der Waals surface area contributed by atoms with E-state index >= 15 is 0 Å². The fourth-order valence-corrected chi connectivity index (χ4v) is 3.01. The Bertz CT molecular complexity index is 548. The maximum atomic E-state index is 5.65. The Morgan fingerprint density at radius 2 is 1.95 bits per heavy atom. The Morgan fingerprint density at radius 1 is 1.24 bits per heavy atom. The molecule has 0 saturated heterocycles. The molecular formula is C17H24N2OS. The number of nitrogens with zero attached hydrogens (tertiary/aromatic N) is 1. The molecule has 0 amide bonds. The number of nitrogens with one attached hydrogen (secondary N) is 1. The molecule has 1 N–H and O–H groups in total. The summed E-state index contributed by atoms with van der Waals surface area (Å²) in [5.74, 6) is 0.930.